The second-order valence-electron chi connectivity index (χ2n) is 6.26. The summed E-state index contributed by atoms with van der Waals surface area (Å²) in [4.78, 5) is 24.0. The zero-order chi connectivity index (χ0) is 20.9. The molecule has 0 aromatic heterocycles. The van der Waals surface area contributed by atoms with Crippen LogP contribution in [0.1, 0.15) is 13.8 Å². The summed E-state index contributed by atoms with van der Waals surface area (Å²) in [6.07, 6.45) is 0. The number of benzene rings is 2. The van der Waals surface area contributed by atoms with Crippen molar-refractivity contribution < 1.29 is 31.9 Å². The molecule has 2 aromatic rings. The van der Waals surface area contributed by atoms with E-state index in [4.69, 9.17) is 14.6 Å². The first-order valence-corrected chi connectivity index (χ1v) is 9.56. The SMILES string of the molecule is CC(C)(Oc1ccc(F)cc1)C(=O)OCC(=O)Nc1cccc(S(N)(=O)=O)c1. The molecule has 0 bridgehead atoms. The molecule has 28 heavy (non-hydrogen) atoms. The van der Waals surface area contributed by atoms with Crippen molar-refractivity contribution in [3.8, 4) is 5.75 Å². The van der Waals surface area contributed by atoms with Crippen LogP contribution in [0.2, 0.25) is 0 Å². The Morgan fingerprint density at radius 2 is 1.79 bits per heavy atom. The van der Waals surface area contributed by atoms with Crippen molar-refractivity contribution in [2.45, 2.75) is 24.3 Å². The molecule has 2 aromatic carbocycles. The van der Waals surface area contributed by atoms with Crippen LogP contribution >= 0.6 is 0 Å². The lowest BCUT2D eigenvalue weighted by molar-refractivity contribution is -0.161. The second kappa shape index (κ2) is 8.36. The van der Waals surface area contributed by atoms with Crippen molar-refractivity contribution in [1.82, 2.24) is 0 Å². The number of sulfonamides is 1. The number of anilines is 1. The molecule has 0 aliphatic heterocycles. The average molecular weight is 410 g/mol. The molecule has 0 aliphatic carbocycles. The Morgan fingerprint density at radius 3 is 2.39 bits per heavy atom. The number of ether oxygens (including phenoxy) is 2. The first-order chi connectivity index (χ1) is 13.0. The van der Waals surface area contributed by atoms with E-state index < -0.39 is 39.9 Å². The van der Waals surface area contributed by atoms with Gasteiger partial charge < -0.3 is 14.8 Å². The Balaban J connectivity index is 1.92. The van der Waals surface area contributed by atoms with Gasteiger partial charge in [-0.15, -0.1) is 0 Å². The maximum Gasteiger partial charge on any atom is 0.350 e. The van der Waals surface area contributed by atoms with Gasteiger partial charge in [0.2, 0.25) is 10.0 Å². The molecule has 0 radical (unpaired) electrons. The van der Waals surface area contributed by atoms with E-state index in [0.29, 0.717) is 0 Å². The maximum atomic E-state index is 12.9. The van der Waals surface area contributed by atoms with Crippen molar-refractivity contribution in [1.29, 1.82) is 0 Å². The fraction of sp³-hybridized carbons (Fsp3) is 0.222. The second-order valence-corrected chi connectivity index (χ2v) is 7.82. The minimum absolute atomic E-state index is 0.170. The summed E-state index contributed by atoms with van der Waals surface area (Å²) in [7, 11) is -3.92. The number of nitrogens with one attached hydrogen (secondary N) is 1. The monoisotopic (exact) mass is 410 g/mol. The van der Waals surface area contributed by atoms with Crippen LogP contribution in [0.5, 0.6) is 5.75 Å². The molecule has 0 saturated carbocycles. The van der Waals surface area contributed by atoms with Gasteiger partial charge in [0.25, 0.3) is 5.91 Å². The van der Waals surface area contributed by atoms with Crippen LogP contribution in [-0.2, 0) is 24.3 Å². The Morgan fingerprint density at radius 1 is 1.14 bits per heavy atom. The van der Waals surface area contributed by atoms with Crippen molar-refractivity contribution in [2.24, 2.45) is 5.14 Å². The van der Waals surface area contributed by atoms with Crippen LogP contribution < -0.4 is 15.2 Å². The summed E-state index contributed by atoms with van der Waals surface area (Å²) in [6.45, 7) is 2.26. The number of halogens is 1. The number of carbonyl (C=O) groups excluding carboxylic acids is 2. The fourth-order valence-corrected chi connectivity index (χ4v) is 2.65. The number of nitrogens with two attached hydrogens (primary N) is 1. The van der Waals surface area contributed by atoms with Gasteiger partial charge in [-0.1, -0.05) is 6.07 Å². The van der Waals surface area contributed by atoms with Crippen LogP contribution in [0, 0.1) is 5.82 Å². The van der Waals surface area contributed by atoms with E-state index in [1.54, 1.807) is 0 Å². The van der Waals surface area contributed by atoms with Gasteiger partial charge in [0, 0.05) is 5.69 Å². The van der Waals surface area contributed by atoms with Gasteiger partial charge in [-0.2, -0.15) is 0 Å². The summed E-state index contributed by atoms with van der Waals surface area (Å²) >= 11 is 0. The van der Waals surface area contributed by atoms with E-state index in [2.05, 4.69) is 5.32 Å². The quantitative estimate of drug-likeness (QED) is 0.671. The molecular weight excluding hydrogens is 391 g/mol. The highest BCUT2D eigenvalue weighted by atomic mass is 32.2. The highest BCUT2D eigenvalue weighted by Crippen LogP contribution is 2.20. The highest BCUT2D eigenvalue weighted by Gasteiger charge is 2.32. The zero-order valence-corrected chi connectivity index (χ0v) is 16.0. The third-order valence-corrected chi connectivity index (χ3v) is 4.37. The van der Waals surface area contributed by atoms with E-state index in [1.807, 2.05) is 0 Å². The minimum atomic E-state index is -3.92. The molecule has 3 N–H and O–H groups in total. The first-order valence-electron chi connectivity index (χ1n) is 8.02. The van der Waals surface area contributed by atoms with E-state index in [1.165, 1.54) is 62.4 Å². The van der Waals surface area contributed by atoms with E-state index in [-0.39, 0.29) is 16.3 Å². The summed E-state index contributed by atoms with van der Waals surface area (Å²) < 4.78 is 46.0. The minimum Gasteiger partial charge on any atom is -0.476 e. The van der Waals surface area contributed by atoms with E-state index in [0.717, 1.165) is 0 Å². The normalized spacial score (nSPS) is 11.6. The first kappa shape index (κ1) is 21.3. The fourth-order valence-electron chi connectivity index (χ4n) is 2.09. The number of carbonyl (C=O) groups is 2. The van der Waals surface area contributed by atoms with Gasteiger partial charge in [0.15, 0.2) is 12.2 Å². The maximum absolute atomic E-state index is 12.9. The summed E-state index contributed by atoms with van der Waals surface area (Å²) in [5.41, 5.74) is -1.25. The molecule has 0 heterocycles. The number of amides is 1. The molecule has 0 aliphatic rings. The summed E-state index contributed by atoms with van der Waals surface area (Å²) in [6, 6.07) is 10.4. The number of primary sulfonamides is 1. The van der Waals surface area contributed by atoms with Crippen LogP contribution in [0.25, 0.3) is 0 Å². The molecule has 2 rings (SSSR count). The van der Waals surface area contributed by atoms with Crippen LogP contribution in [-0.4, -0.2) is 32.5 Å². The number of hydrogen-bond acceptors (Lipinski definition) is 6. The predicted molar refractivity (Wildman–Crippen MR) is 98.5 cm³/mol. The third-order valence-electron chi connectivity index (χ3n) is 3.46. The molecule has 0 saturated heterocycles. The van der Waals surface area contributed by atoms with Crippen molar-refractivity contribution in [3.05, 3.63) is 54.3 Å². The zero-order valence-electron chi connectivity index (χ0n) is 15.1. The Kier molecular flexibility index (Phi) is 6.37. The molecule has 0 unspecified atom stereocenters. The molecule has 1 amide bonds. The van der Waals surface area contributed by atoms with Crippen molar-refractivity contribution in [3.63, 3.8) is 0 Å². The van der Waals surface area contributed by atoms with Gasteiger partial charge >= 0.3 is 5.97 Å². The van der Waals surface area contributed by atoms with E-state index >= 15 is 0 Å². The summed E-state index contributed by atoms with van der Waals surface area (Å²) in [5, 5.41) is 7.43. The van der Waals surface area contributed by atoms with Gasteiger partial charge in [-0.05, 0) is 56.3 Å². The number of rotatable bonds is 7. The molecule has 0 atom stereocenters. The van der Waals surface area contributed by atoms with Crippen LogP contribution in [0.15, 0.2) is 53.4 Å². The lowest BCUT2D eigenvalue weighted by atomic mass is 10.1. The van der Waals surface area contributed by atoms with Crippen LogP contribution in [0.3, 0.4) is 0 Å². The van der Waals surface area contributed by atoms with Gasteiger partial charge in [-0.25, -0.2) is 22.7 Å². The van der Waals surface area contributed by atoms with Gasteiger partial charge in [0.05, 0.1) is 4.90 Å². The van der Waals surface area contributed by atoms with E-state index in [9.17, 15) is 22.4 Å². The van der Waals surface area contributed by atoms with Crippen molar-refractivity contribution in [2.75, 3.05) is 11.9 Å². The van der Waals surface area contributed by atoms with Gasteiger partial charge in [-0.3, -0.25) is 4.79 Å². The average Bonchev–Trinajstić information content (AvgIpc) is 2.61. The molecule has 0 spiro atoms. The Labute approximate surface area is 161 Å². The topological polar surface area (TPSA) is 125 Å². The third kappa shape index (κ3) is 6.03. The molecule has 150 valence electrons. The van der Waals surface area contributed by atoms with Gasteiger partial charge in [0.1, 0.15) is 11.6 Å². The lowest BCUT2D eigenvalue weighted by Gasteiger charge is -2.24. The molecule has 8 nitrogen and oxygen atoms in total. The standard InChI is InChI=1S/C18H19FN2O6S/c1-18(2,27-14-8-6-12(19)7-9-14)17(23)26-11-16(22)21-13-4-3-5-15(10-13)28(20,24)25/h3-10H,11H2,1-2H3,(H,21,22)(H2,20,24,25). The Hall–Kier alpha value is -2.98. The highest BCUT2D eigenvalue weighted by molar-refractivity contribution is 7.89. The smallest absolute Gasteiger partial charge is 0.350 e. The lowest BCUT2D eigenvalue weighted by Crippen LogP contribution is -2.41. The molecule has 10 heteroatoms. The van der Waals surface area contributed by atoms with Crippen molar-refractivity contribution >= 4 is 27.6 Å². The van der Waals surface area contributed by atoms with Crippen LogP contribution in [0.4, 0.5) is 10.1 Å². The largest absolute Gasteiger partial charge is 0.476 e. The predicted octanol–water partition coefficient (Wildman–Crippen LogP) is 1.81. The number of hydrogen-bond donors (Lipinski definition) is 2. The molecule has 0 fully saturated rings. The molecular formula is C18H19FN2O6S. The number of esters is 1. The summed E-state index contributed by atoms with van der Waals surface area (Å²) in [5.74, 6) is -1.69. The Bertz CT molecular complexity index is 974.